The summed E-state index contributed by atoms with van der Waals surface area (Å²) >= 11 is 0. The standard InChI is InChI=1S/C20H12FNO2/c21-13-5-3-6-14(11-13)22-10-4-7-15(22)12-18-19(23)16-8-1-2-9-17(16)20(18)24/h1-12H. The van der Waals surface area contributed by atoms with E-state index in [-0.39, 0.29) is 23.0 Å². The van der Waals surface area contributed by atoms with Crippen molar-refractivity contribution in [2.75, 3.05) is 0 Å². The van der Waals surface area contributed by atoms with Crippen LogP contribution in [-0.4, -0.2) is 16.1 Å². The first-order valence-corrected chi connectivity index (χ1v) is 7.48. The Hall–Kier alpha value is -3.27. The van der Waals surface area contributed by atoms with Crippen molar-refractivity contribution in [1.82, 2.24) is 4.57 Å². The Morgan fingerprint density at radius 1 is 0.833 bits per heavy atom. The van der Waals surface area contributed by atoms with Gasteiger partial charge in [0.1, 0.15) is 5.82 Å². The Balaban J connectivity index is 1.80. The molecule has 4 rings (SSSR count). The second-order valence-corrected chi connectivity index (χ2v) is 5.54. The Labute approximate surface area is 137 Å². The molecule has 0 spiro atoms. The predicted octanol–water partition coefficient (Wildman–Crippen LogP) is 4.08. The topological polar surface area (TPSA) is 39.1 Å². The molecule has 3 nitrogen and oxygen atoms in total. The second-order valence-electron chi connectivity index (χ2n) is 5.54. The molecular weight excluding hydrogens is 305 g/mol. The summed E-state index contributed by atoms with van der Waals surface area (Å²) in [5.41, 5.74) is 2.26. The van der Waals surface area contributed by atoms with Crippen molar-refractivity contribution in [3.8, 4) is 5.69 Å². The molecule has 0 amide bonds. The summed E-state index contributed by atoms with van der Waals surface area (Å²) in [5.74, 6) is -0.898. The number of rotatable bonds is 2. The fourth-order valence-electron chi connectivity index (χ4n) is 2.92. The summed E-state index contributed by atoms with van der Waals surface area (Å²) in [5, 5.41) is 0. The molecule has 0 saturated carbocycles. The predicted molar refractivity (Wildman–Crippen MR) is 88.8 cm³/mol. The lowest BCUT2D eigenvalue weighted by atomic mass is 10.1. The molecule has 1 aromatic heterocycles. The molecule has 0 aliphatic heterocycles. The fourth-order valence-corrected chi connectivity index (χ4v) is 2.92. The van der Waals surface area contributed by atoms with E-state index in [2.05, 4.69) is 0 Å². The lowest BCUT2D eigenvalue weighted by molar-refractivity contribution is 0.0990. The minimum absolute atomic E-state index is 0.132. The van der Waals surface area contributed by atoms with Gasteiger partial charge in [-0.15, -0.1) is 0 Å². The summed E-state index contributed by atoms with van der Waals surface area (Å²) < 4.78 is 15.2. The highest BCUT2D eigenvalue weighted by atomic mass is 19.1. The van der Waals surface area contributed by atoms with Crippen molar-refractivity contribution in [3.05, 3.63) is 95.1 Å². The number of halogens is 1. The number of fused-ring (bicyclic) bond motifs is 1. The smallest absolute Gasteiger partial charge is 0.197 e. The summed E-state index contributed by atoms with van der Waals surface area (Å²) in [6, 6.07) is 16.5. The second kappa shape index (κ2) is 5.42. The van der Waals surface area contributed by atoms with Crippen LogP contribution in [0.25, 0.3) is 11.8 Å². The van der Waals surface area contributed by atoms with E-state index in [1.165, 1.54) is 12.1 Å². The summed E-state index contributed by atoms with van der Waals surface area (Å²) in [6.45, 7) is 0. The SMILES string of the molecule is O=C1C(=Cc2cccn2-c2cccc(F)c2)C(=O)c2ccccc21. The van der Waals surface area contributed by atoms with Gasteiger partial charge in [-0.1, -0.05) is 30.3 Å². The minimum atomic E-state index is -0.347. The lowest BCUT2D eigenvalue weighted by Crippen LogP contribution is -2.02. The number of hydrogen-bond donors (Lipinski definition) is 0. The zero-order chi connectivity index (χ0) is 16.7. The quantitative estimate of drug-likeness (QED) is 0.528. The van der Waals surface area contributed by atoms with Crippen molar-refractivity contribution < 1.29 is 14.0 Å². The van der Waals surface area contributed by atoms with Crippen LogP contribution in [0.15, 0.2) is 72.4 Å². The zero-order valence-corrected chi connectivity index (χ0v) is 12.6. The van der Waals surface area contributed by atoms with Crippen LogP contribution in [0, 0.1) is 5.82 Å². The van der Waals surface area contributed by atoms with Gasteiger partial charge in [0.2, 0.25) is 0 Å². The average molecular weight is 317 g/mol. The van der Waals surface area contributed by atoms with Gasteiger partial charge in [-0.2, -0.15) is 0 Å². The molecule has 116 valence electrons. The van der Waals surface area contributed by atoms with Gasteiger partial charge < -0.3 is 4.57 Å². The molecule has 0 atom stereocenters. The first-order valence-electron chi connectivity index (χ1n) is 7.48. The summed E-state index contributed by atoms with van der Waals surface area (Å²) in [6.07, 6.45) is 3.33. The minimum Gasteiger partial charge on any atom is -0.317 e. The normalized spacial score (nSPS) is 13.3. The summed E-state index contributed by atoms with van der Waals surface area (Å²) in [4.78, 5) is 25.0. The number of Topliss-reactive ketones (excluding diaryl/α,β-unsaturated/α-hetero) is 2. The molecule has 0 unspecified atom stereocenters. The largest absolute Gasteiger partial charge is 0.317 e. The molecule has 1 heterocycles. The Kier molecular flexibility index (Phi) is 3.24. The van der Waals surface area contributed by atoms with Gasteiger partial charge in [-0.25, -0.2) is 4.39 Å². The van der Waals surface area contributed by atoms with Crippen LogP contribution in [0.5, 0.6) is 0 Å². The van der Waals surface area contributed by atoms with E-state index >= 15 is 0 Å². The van der Waals surface area contributed by atoms with Gasteiger partial charge >= 0.3 is 0 Å². The molecule has 1 aliphatic rings. The fraction of sp³-hybridized carbons (Fsp3) is 0. The molecule has 0 fully saturated rings. The van der Waals surface area contributed by atoms with Crippen LogP contribution < -0.4 is 0 Å². The molecule has 4 heteroatoms. The number of carbonyl (C=O) groups excluding carboxylic acids is 2. The van der Waals surface area contributed by atoms with Crippen molar-refractivity contribution in [2.24, 2.45) is 0 Å². The van der Waals surface area contributed by atoms with E-state index in [9.17, 15) is 14.0 Å². The van der Waals surface area contributed by atoms with Gasteiger partial charge in [-0.05, 0) is 36.4 Å². The van der Waals surface area contributed by atoms with Crippen molar-refractivity contribution in [1.29, 1.82) is 0 Å². The van der Waals surface area contributed by atoms with Crippen LogP contribution in [0.3, 0.4) is 0 Å². The van der Waals surface area contributed by atoms with E-state index in [0.717, 1.165) is 0 Å². The molecule has 0 N–H and O–H groups in total. The number of aromatic nitrogens is 1. The first-order chi connectivity index (χ1) is 11.6. The number of hydrogen-bond acceptors (Lipinski definition) is 2. The van der Waals surface area contributed by atoms with Gasteiger partial charge in [0.25, 0.3) is 0 Å². The highest BCUT2D eigenvalue weighted by Crippen LogP contribution is 2.28. The highest BCUT2D eigenvalue weighted by molar-refractivity contribution is 6.41. The van der Waals surface area contributed by atoms with Gasteiger partial charge in [-0.3, -0.25) is 9.59 Å². The van der Waals surface area contributed by atoms with Crippen molar-refractivity contribution in [2.45, 2.75) is 0 Å². The van der Waals surface area contributed by atoms with Gasteiger partial charge in [0, 0.05) is 28.7 Å². The van der Waals surface area contributed by atoms with Gasteiger partial charge in [0.05, 0.1) is 5.57 Å². The average Bonchev–Trinajstić information content (AvgIpc) is 3.15. The molecule has 24 heavy (non-hydrogen) atoms. The number of nitrogens with zero attached hydrogens (tertiary/aromatic N) is 1. The lowest BCUT2D eigenvalue weighted by Gasteiger charge is -2.07. The molecule has 2 aromatic carbocycles. The van der Waals surface area contributed by atoms with Crippen LogP contribution in [0.2, 0.25) is 0 Å². The van der Waals surface area contributed by atoms with Crippen LogP contribution in [0.1, 0.15) is 26.4 Å². The Morgan fingerprint density at radius 3 is 2.21 bits per heavy atom. The molecule has 0 radical (unpaired) electrons. The van der Waals surface area contributed by atoms with E-state index in [1.54, 1.807) is 65.4 Å². The van der Waals surface area contributed by atoms with Crippen LogP contribution in [0.4, 0.5) is 4.39 Å². The Bertz CT molecular complexity index is 977. The Morgan fingerprint density at radius 2 is 1.54 bits per heavy atom. The van der Waals surface area contributed by atoms with E-state index in [4.69, 9.17) is 0 Å². The summed E-state index contributed by atoms with van der Waals surface area (Å²) in [7, 11) is 0. The molecule has 0 saturated heterocycles. The van der Waals surface area contributed by atoms with Crippen LogP contribution in [-0.2, 0) is 0 Å². The van der Waals surface area contributed by atoms with E-state index in [1.807, 2.05) is 0 Å². The number of benzene rings is 2. The maximum Gasteiger partial charge on any atom is 0.197 e. The third-order valence-electron chi connectivity index (χ3n) is 4.06. The first kappa shape index (κ1) is 14.3. The van der Waals surface area contributed by atoms with E-state index < -0.39 is 0 Å². The highest BCUT2D eigenvalue weighted by Gasteiger charge is 2.32. The number of ketones is 2. The molecule has 0 bridgehead atoms. The molecule has 1 aliphatic carbocycles. The maximum atomic E-state index is 13.5. The zero-order valence-electron chi connectivity index (χ0n) is 12.6. The van der Waals surface area contributed by atoms with Crippen LogP contribution >= 0.6 is 0 Å². The van der Waals surface area contributed by atoms with Gasteiger partial charge in [0.15, 0.2) is 11.6 Å². The van der Waals surface area contributed by atoms with Crippen molar-refractivity contribution in [3.63, 3.8) is 0 Å². The third kappa shape index (κ3) is 2.20. The third-order valence-corrected chi connectivity index (χ3v) is 4.06. The number of allylic oxidation sites excluding steroid dienone is 1. The monoisotopic (exact) mass is 317 g/mol. The molecule has 3 aromatic rings. The number of carbonyl (C=O) groups is 2. The molecular formula is C20H12FNO2. The van der Waals surface area contributed by atoms with E-state index in [0.29, 0.717) is 22.5 Å². The maximum absolute atomic E-state index is 13.5. The van der Waals surface area contributed by atoms with Crippen molar-refractivity contribution >= 4 is 17.6 Å².